The summed E-state index contributed by atoms with van der Waals surface area (Å²) < 4.78 is 0. The SMILES string of the molecule is CCNc1ccccc1CC(=O)O. The fraction of sp³-hybridized carbons (Fsp3) is 0.300. The molecule has 1 rings (SSSR count). The molecule has 0 fully saturated rings. The van der Waals surface area contributed by atoms with Crippen molar-refractivity contribution in [1.29, 1.82) is 0 Å². The number of carboxylic acids is 1. The molecule has 0 aliphatic carbocycles. The molecule has 0 aliphatic rings. The molecule has 0 aliphatic heterocycles. The first-order chi connectivity index (χ1) is 6.24. The second kappa shape index (κ2) is 4.50. The van der Waals surface area contributed by atoms with Gasteiger partial charge in [-0.15, -0.1) is 0 Å². The maximum atomic E-state index is 10.5. The molecule has 0 saturated carbocycles. The van der Waals surface area contributed by atoms with Gasteiger partial charge in [0.15, 0.2) is 0 Å². The van der Waals surface area contributed by atoms with Gasteiger partial charge in [0.25, 0.3) is 0 Å². The zero-order chi connectivity index (χ0) is 9.68. The van der Waals surface area contributed by atoms with E-state index in [0.29, 0.717) is 0 Å². The molecule has 0 radical (unpaired) electrons. The summed E-state index contributed by atoms with van der Waals surface area (Å²) in [4.78, 5) is 10.5. The number of hydrogen-bond acceptors (Lipinski definition) is 2. The second-order valence-corrected chi connectivity index (χ2v) is 2.76. The zero-order valence-electron chi connectivity index (χ0n) is 7.58. The molecule has 0 amide bonds. The highest BCUT2D eigenvalue weighted by Crippen LogP contribution is 2.14. The minimum Gasteiger partial charge on any atom is -0.481 e. The van der Waals surface area contributed by atoms with Gasteiger partial charge in [0, 0.05) is 12.2 Å². The van der Waals surface area contributed by atoms with Gasteiger partial charge in [0.2, 0.25) is 0 Å². The number of carbonyl (C=O) groups is 1. The van der Waals surface area contributed by atoms with Gasteiger partial charge in [0.1, 0.15) is 0 Å². The van der Waals surface area contributed by atoms with Crippen LogP contribution in [0.5, 0.6) is 0 Å². The predicted octanol–water partition coefficient (Wildman–Crippen LogP) is 1.75. The smallest absolute Gasteiger partial charge is 0.307 e. The van der Waals surface area contributed by atoms with Crippen molar-refractivity contribution in [3.8, 4) is 0 Å². The molecule has 0 spiro atoms. The lowest BCUT2D eigenvalue weighted by molar-refractivity contribution is -0.136. The van der Waals surface area contributed by atoms with Crippen LogP contribution in [0, 0.1) is 0 Å². The summed E-state index contributed by atoms with van der Waals surface area (Å²) in [6, 6.07) is 7.45. The lowest BCUT2D eigenvalue weighted by Gasteiger charge is -2.07. The van der Waals surface area contributed by atoms with E-state index in [9.17, 15) is 4.79 Å². The standard InChI is InChI=1S/C10H13NO2/c1-2-11-9-6-4-3-5-8(9)7-10(12)13/h3-6,11H,2,7H2,1H3,(H,12,13). The van der Waals surface area contributed by atoms with E-state index in [2.05, 4.69) is 5.32 Å². The van der Waals surface area contributed by atoms with Crippen molar-refractivity contribution in [2.45, 2.75) is 13.3 Å². The fourth-order valence-corrected chi connectivity index (χ4v) is 1.20. The normalized spacial score (nSPS) is 9.62. The van der Waals surface area contributed by atoms with Crippen LogP contribution < -0.4 is 5.32 Å². The number of aliphatic carboxylic acids is 1. The lowest BCUT2D eigenvalue weighted by Crippen LogP contribution is -2.05. The molecular formula is C10H13NO2. The van der Waals surface area contributed by atoms with Gasteiger partial charge < -0.3 is 10.4 Å². The Morgan fingerprint density at radius 2 is 2.15 bits per heavy atom. The fourth-order valence-electron chi connectivity index (χ4n) is 1.20. The third-order valence-corrected chi connectivity index (χ3v) is 1.73. The van der Waals surface area contributed by atoms with Crippen LogP contribution in [-0.4, -0.2) is 17.6 Å². The summed E-state index contributed by atoms with van der Waals surface area (Å²) in [6.45, 7) is 2.79. The first-order valence-corrected chi connectivity index (χ1v) is 4.27. The van der Waals surface area contributed by atoms with E-state index in [-0.39, 0.29) is 6.42 Å². The average Bonchev–Trinajstić information content (AvgIpc) is 2.08. The first-order valence-electron chi connectivity index (χ1n) is 4.27. The Morgan fingerprint density at radius 1 is 1.46 bits per heavy atom. The van der Waals surface area contributed by atoms with Crippen molar-refractivity contribution in [3.63, 3.8) is 0 Å². The highest BCUT2D eigenvalue weighted by atomic mass is 16.4. The van der Waals surface area contributed by atoms with Crippen LogP contribution in [0.1, 0.15) is 12.5 Å². The molecule has 3 heteroatoms. The maximum absolute atomic E-state index is 10.5. The zero-order valence-corrected chi connectivity index (χ0v) is 7.58. The Labute approximate surface area is 77.4 Å². The quantitative estimate of drug-likeness (QED) is 0.740. The third kappa shape index (κ3) is 2.78. The Morgan fingerprint density at radius 3 is 2.77 bits per heavy atom. The first kappa shape index (κ1) is 9.58. The van der Waals surface area contributed by atoms with Crippen LogP contribution in [0.3, 0.4) is 0 Å². The van der Waals surface area contributed by atoms with E-state index in [1.165, 1.54) is 0 Å². The van der Waals surface area contributed by atoms with Gasteiger partial charge in [-0.1, -0.05) is 18.2 Å². The van der Waals surface area contributed by atoms with E-state index in [0.717, 1.165) is 17.8 Å². The van der Waals surface area contributed by atoms with Crippen molar-refractivity contribution in [1.82, 2.24) is 0 Å². The molecule has 13 heavy (non-hydrogen) atoms. The number of hydrogen-bond donors (Lipinski definition) is 2. The van der Waals surface area contributed by atoms with Crippen LogP contribution in [-0.2, 0) is 11.2 Å². The van der Waals surface area contributed by atoms with Crippen LogP contribution in [0.15, 0.2) is 24.3 Å². The van der Waals surface area contributed by atoms with E-state index in [1.54, 1.807) is 0 Å². The second-order valence-electron chi connectivity index (χ2n) is 2.76. The maximum Gasteiger partial charge on any atom is 0.307 e. The molecule has 0 atom stereocenters. The molecule has 0 saturated heterocycles. The lowest BCUT2D eigenvalue weighted by atomic mass is 10.1. The molecule has 0 bridgehead atoms. The highest BCUT2D eigenvalue weighted by Gasteiger charge is 2.04. The van der Waals surface area contributed by atoms with E-state index >= 15 is 0 Å². The van der Waals surface area contributed by atoms with Gasteiger partial charge in [-0.25, -0.2) is 0 Å². The van der Waals surface area contributed by atoms with Gasteiger partial charge in [-0.2, -0.15) is 0 Å². The van der Waals surface area contributed by atoms with Crippen molar-refractivity contribution in [2.24, 2.45) is 0 Å². The molecule has 0 unspecified atom stereocenters. The van der Waals surface area contributed by atoms with Crippen molar-refractivity contribution in [2.75, 3.05) is 11.9 Å². The minimum absolute atomic E-state index is 0.0726. The van der Waals surface area contributed by atoms with Crippen LogP contribution in [0.25, 0.3) is 0 Å². The summed E-state index contributed by atoms with van der Waals surface area (Å²) in [5, 5.41) is 11.7. The molecule has 3 nitrogen and oxygen atoms in total. The van der Waals surface area contributed by atoms with Crippen LogP contribution >= 0.6 is 0 Å². The Hall–Kier alpha value is -1.51. The number of benzene rings is 1. The molecule has 0 aromatic heterocycles. The topological polar surface area (TPSA) is 49.3 Å². The molecule has 1 aromatic carbocycles. The summed E-state index contributed by atoms with van der Waals surface area (Å²) in [6.07, 6.45) is 0.0726. The summed E-state index contributed by atoms with van der Waals surface area (Å²) in [5.41, 5.74) is 1.74. The number of para-hydroxylation sites is 1. The Balaban J connectivity index is 2.84. The van der Waals surface area contributed by atoms with E-state index in [4.69, 9.17) is 5.11 Å². The Bertz CT molecular complexity index is 297. The minimum atomic E-state index is -0.801. The summed E-state index contributed by atoms with van der Waals surface area (Å²) in [7, 11) is 0. The molecule has 1 aromatic rings. The monoisotopic (exact) mass is 179 g/mol. The summed E-state index contributed by atoms with van der Waals surface area (Å²) in [5.74, 6) is -0.801. The molecule has 2 N–H and O–H groups in total. The number of carboxylic acid groups (broad SMARTS) is 1. The van der Waals surface area contributed by atoms with Crippen LogP contribution in [0.4, 0.5) is 5.69 Å². The summed E-state index contributed by atoms with van der Waals surface area (Å²) >= 11 is 0. The van der Waals surface area contributed by atoms with Crippen molar-refractivity contribution < 1.29 is 9.90 Å². The number of rotatable bonds is 4. The van der Waals surface area contributed by atoms with Crippen LogP contribution in [0.2, 0.25) is 0 Å². The predicted molar refractivity (Wildman–Crippen MR) is 51.9 cm³/mol. The Kier molecular flexibility index (Phi) is 3.31. The van der Waals surface area contributed by atoms with E-state index in [1.807, 2.05) is 31.2 Å². The van der Waals surface area contributed by atoms with Gasteiger partial charge in [-0.05, 0) is 18.6 Å². The molecule has 0 heterocycles. The molecular weight excluding hydrogens is 166 g/mol. The largest absolute Gasteiger partial charge is 0.481 e. The highest BCUT2D eigenvalue weighted by molar-refractivity contribution is 5.73. The molecule has 70 valence electrons. The van der Waals surface area contributed by atoms with Crippen molar-refractivity contribution >= 4 is 11.7 Å². The van der Waals surface area contributed by atoms with E-state index < -0.39 is 5.97 Å². The van der Waals surface area contributed by atoms with Gasteiger partial charge >= 0.3 is 5.97 Å². The van der Waals surface area contributed by atoms with Crippen molar-refractivity contribution in [3.05, 3.63) is 29.8 Å². The van der Waals surface area contributed by atoms with Gasteiger partial charge in [0.05, 0.1) is 6.42 Å². The van der Waals surface area contributed by atoms with Gasteiger partial charge in [-0.3, -0.25) is 4.79 Å². The average molecular weight is 179 g/mol. The number of nitrogens with one attached hydrogen (secondary N) is 1. The number of anilines is 1. The third-order valence-electron chi connectivity index (χ3n) is 1.73.